The van der Waals surface area contributed by atoms with Gasteiger partial charge >= 0.3 is 5.97 Å². The molecule has 1 fully saturated rings. The zero-order valence-electron chi connectivity index (χ0n) is 8.47. The average Bonchev–Trinajstić information content (AvgIpc) is 2.93. The molecule has 0 bridgehead atoms. The van der Waals surface area contributed by atoms with Crippen LogP contribution >= 0.6 is 0 Å². The molecule has 1 aliphatic heterocycles. The molecule has 0 N–H and O–H groups in total. The van der Waals surface area contributed by atoms with E-state index in [1.807, 2.05) is 6.92 Å². The van der Waals surface area contributed by atoms with Gasteiger partial charge in [0.25, 0.3) is 0 Å². The van der Waals surface area contributed by atoms with Crippen LogP contribution in [0, 0.1) is 0 Å². The van der Waals surface area contributed by atoms with Crippen LogP contribution in [0.5, 0.6) is 0 Å². The molecule has 3 heteroatoms. The van der Waals surface area contributed by atoms with E-state index in [0.29, 0.717) is 13.2 Å². The second-order valence-electron chi connectivity index (χ2n) is 3.48. The number of ether oxygens (including phenoxy) is 2. The van der Waals surface area contributed by atoms with E-state index < -0.39 is 5.60 Å². The zero-order chi connectivity index (χ0) is 9.73. The van der Waals surface area contributed by atoms with Gasteiger partial charge in [-0.2, -0.15) is 0 Å². The van der Waals surface area contributed by atoms with Crippen molar-refractivity contribution in [2.75, 3.05) is 13.2 Å². The Hall–Kier alpha value is -0.570. The van der Waals surface area contributed by atoms with E-state index in [1.54, 1.807) is 0 Å². The van der Waals surface area contributed by atoms with Crippen LogP contribution < -0.4 is 0 Å². The van der Waals surface area contributed by atoms with Crippen molar-refractivity contribution in [3.8, 4) is 0 Å². The number of carbonyl (C=O) groups is 1. The van der Waals surface area contributed by atoms with Crippen LogP contribution in [0.3, 0.4) is 0 Å². The molecule has 1 unspecified atom stereocenters. The lowest BCUT2D eigenvalue weighted by Crippen LogP contribution is -2.26. The van der Waals surface area contributed by atoms with Gasteiger partial charge in [0.15, 0.2) is 5.60 Å². The Labute approximate surface area is 79.4 Å². The predicted molar refractivity (Wildman–Crippen MR) is 49.5 cm³/mol. The summed E-state index contributed by atoms with van der Waals surface area (Å²) in [5.41, 5.74) is -0.563. The molecule has 0 radical (unpaired) electrons. The van der Waals surface area contributed by atoms with Crippen molar-refractivity contribution in [3.05, 3.63) is 0 Å². The zero-order valence-corrected chi connectivity index (χ0v) is 8.47. The third kappa shape index (κ3) is 2.69. The fourth-order valence-electron chi connectivity index (χ4n) is 1.20. The van der Waals surface area contributed by atoms with Gasteiger partial charge in [-0.15, -0.1) is 0 Å². The summed E-state index contributed by atoms with van der Waals surface area (Å²) in [5.74, 6) is -0.175. The van der Waals surface area contributed by atoms with Gasteiger partial charge in [-0.25, -0.2) is 4.79 Å². The second kappa shape index (κ2) is 4.61. The Morgan fingerprint density at radius 3 is 2.62 bits per heavy atom. The summed E-state index contributed by atoms with van der Waals surface area (Å²) in [5, 5.41) is 0. The first-order chi connectivity index (χ1) is 6.25. The minimum absolute atomic E-state index is 0.175. The normalized spacial score (nSPS) is 25.7. The SMILES string of the molecule is CCCCCOC(=O)C1(CC)CO1. The van der Waals surface area contributed by atoms with Crippen molar-refractivity contribution >= 4 is 5.97 Å². The lowest BCUT2D eigenvalue weighted by Gasteiger charge is -2.08. The van der Waals surface area contributed by atoms with Gasteiger partial charge in [-0.1, -0.05) is 26.7 Å². The number of hydrogen-bond donors (Lipinski definition) is 0. The van der Waals surface area contributed by atoms with Gasteiger partial charge in [0.1, 0.15) is 0 Å². The molecular weight excluding hydrogens is 168 g/mol. The molecule has 0 aliphatic carbocycles. The Bertz CT molecular complexity index is 173. The summed E-state index contributed by atoms with van der Waals surface area (Å²) in [7, 11) is 0. The minimum atomic E-state index is -0.563. The van der Waals surface area contributed by atoms with Crippen molar-refractivity contribution in [1.82, 2.24) is 0 Å². The van der Waals surface area contributed by atoms with E-state index in [4.69, 9.17) is 9.47 Å². The number of esters is 1. The van der Waals surface area contributed by atoms with Crippen molar-refractivity contribution in [3.63, 3.8) is 0 Å². The fraction of sp³-hybridized carbons (Fsp3) is 0.900. The molecule has 76 valence electrons. The Morgan fingerprint density at radius 2 is 2.15 bits per heavy atom. The van der Waals surface area contributed by atoms with Crippen LogP contribution in [0.4, 0.5) is 0 Å². The van der Waals surface area contributed by atoms with Crippen LogP contribution in [0.15, 0.2) is 0 Å². The van der Waals surface area contributed by atoms with E-state index >= 15 is 0 Å². The number of epoxide rings is 1. The quantitative estimate of drug-likeness (QED) is 0.361. The van der Waals surface area contributed by atoms with Gasteiger partial charge < -0.3 is 9.47 Å². The molecule has 1 aliphatic rings. The molecule has 1 atom stereocenters. The Balaban J connectivity index is 2.11. The van der Waals surface area contributed by atoms with E-state index in [9.17, 15) is 4.79 Å². The monoisotopic (exact) mass is 186 g/mol. The maximum Gasteiger partial charge on any atom is 0.340 e. The highest BCUT2D eigenvalue weighted by atomic mass is 16.6. The topological polar surface area (TPSA) is 38.8 Å². The van der Waals surface area contributed by atoms with Gasteiger partial charge in [-0.05, 0) is 12.8 Å². The summed E-state index contributed by atoms with van der Waals surface area (Å²) in [4.78, 5) is 11.4. The molecule has 1 heterocycles. The molecule has 1 rings (SSSR count). The van der Waals surface area contributed by atoms with Crippen molar-refractivity contribution in [1.29, 1.82) is 0 Å². The van der Waals surface area contributed by atoms with E-state index in [2.05, 4.69) is 6.92 Å². The van der Waals surface area contributed by atoms with Gasteiger partial charge in [-0.3, -0.25) is 0 Å². The smallest absolute Gasteiger partial charge is 0.340 e. The Morgan fingerprint density at radius 1 is 1.46 bits per heavy atom. The number of carbonyl (C=O) groups excluding carboxylic acids is 1. The summed E-state index contributed by atoms with van der Waals surface area (Å²) in [6.45, 7) is 5.15. The number of rotatable bonds is 6. The van der Waals surface area contributed by atoms with Crippen molar-refractivity contribution < 1.29 is 14.3 Å². The maximum atomic E-state index is 11.4. The fourth-order valence-corrected chi connectivity index (χ4v) is 1.20. The number of unbranched alkanes of at least 4 members (excludes halogenated alkanes) is 2. The highest BCUT2D eigenvalue weighted by Crippen LogP contribution is 2.31. The number of hydrogen-bond acceptors (Lipinski definition) is 3. The first kappa shape index (κ1) is 10.5. The molecule has 13 heavy (non-hydrogen) atoms. The third-order valence-electron chi connectivity index (χ3n) is 2.42. The summed E-state index contributed by atoms with van der Waals surface area (Å²) in [6.07, 6.45) is 3.95. The highest BCUT2D eigenvalue weighted by Gasteiger charge is 2.52. The predicted octanol–water partition coefficient (Wildman–Crippen LogP) is 1.90. The first-order valence-electron chi connectivity index (χ1n) is 5.06. The first-order valence-corrected chi connectivity index (χ1v) is 5.06. The molecular formula is C10H18O3. The van der Waals surface area contributed by atoms with E-state index in [-0.39, 0.29) is 5.97 Å². The van der Waals surface area contributed by atoms with Crippen LogP contribution in [0.1, 0.15) is 39.5 Å². The van der Waals surface area contributed by atoms with Gasteiger partial charge in [0.05, 0.1) is 13.2 Å². The van der Waals surface area contributed by atoms with E-state index in [0.717, 1.165) is 25.7 Å². The van der Waals surface area contributed by atoms with E-state index in [1.165, 1.54) is 0 Å². The van der Waals surface area contributed by atoms with Crippen LogP contribution in [-0.2, 0) is 14.3 Å². The van der Waals surface area contributed by atoms with Crippen LogP contribution in [-0.4, -0.2) is 24.8 Å². The van der Waals surface area contributed by atoms with Crippen LogP contribution in [0.2, 0.25) is 0 Å². The van der Waals surface area contributed by atoms with Gasteiger partial charge in [0.2, 0.25) is 0 Å². The lowest BCUT2D eigenvalue weighted by molar-refractivity contribution is -0.150. The average molecular weight is 186 g/mol. The van der Waals surface area contributed by atoms with Crippen molar-refractivity contribution in [2.24, 2.45) is 0 Å². The molecule has 0 aromatic heterocycles. The Kier molecular flexibility index (Phi) is 3.72. The molecule has 0 aromatic rings. The summed E-state index contributed by atoms with van der Waals surface area (Å²) < 4.78 is 10.2. The summed E-state index contributed by atoms with van der Waals surface area (Å²) >= 11 is 0. The highest BCUT2D eigenvalue weighted by molar-refractivity contribution is 5.82. The molecule has 3 nitrogen and oxygen atoms in total. The summed E-state index contributed by atoms with van der Waals surface area (Å²) in [6, 6.07) is 0. The molecule has 0 saturated carbocycles. The van der Waals surface area contributed by atoms with Gasteiger partial charge in [0, 0.05) is 0 Å². The van der Waals surface area contributed by atoms with Crippen LogP contribution in [0.25, 0.3) is 0 Å². The largest absolute Gasteiger partial charge is 0.463 e. The lowest BCUT2D eigenvalue weighted by atomic mass is 10.1. The standard InChI is InChI=1S/C10H18O3/c1-3-5-6-7-12-9(11)10(4-2)8-13-10/h3-8H2,1-2H3. The second-order valence-corrected chi connectivity index (χ2v) is 3.48. The minimum Gasteiger partial charge on any atom is -0.463 e. The molecule has 0 spiro atoms. The molecule has 0 aromatic carbocycles. The molecule has 0 amide bonds. The molecule has 1 saturated heterocycles. The third-order valence-corrected chi connectivity index (χ3v) is 2.42. The maximum absolute atomic E-state index is 11.4. The van der Waals surface area contributed by atoms with Crippen molar-refractivity contribution in [2.45, 2.75) is 45.1 Å².